The maximum absolute atomic E-state index is 14.1. The largest absolute Gasteiger partial charge is 0.506 e. The summed E-state index contributed by atoms with van der Waals surface area (Å²) in [5.74, 6) is 0.502. The number of fused-ring (bicyclic) bond motifs is 5. The van der Waals surface area contributed by atoms with Crippen LogP contribution in [0, 0.1) is 11.8 Å². The van der Waals surface area contributed by atoms with E-state index in [1.165, 1.54) is 0 Å². The fourth-order valence-corrected chi connectivity index (χ4v) is 8.17. The molecule has 1 spiro atoms. The van der Waals surface area contributed by atoms with Crippen LogP contribution >= 0.6 is 0 Å². The van der Waals surface area contributed by atoms with E-state index in [0.717, 1.165) is 27.9 Å². The molecule has 272 valence electrons. The lowest BCUT2D eigenvalue weighted by Crippen LogP contribution is -2.52. The molecule has 2 amide bonds. The van der Waals surface area contributed by atoms with Gasteiger partial charge in [-0.15, -0.1) is 0 Å². The molecule has 2 aromatic heterocycles. The predicted octanol–water partition coefficient (Wildman–Crippen LogP) is 4.94. The van der Waals surface area contributed by atoms with Gasteiger partial charge in [0.15, 0.2) is 17.7 Å². The molecule has 4 unspecified atom stereocenters. The number of para-hydroxylation sites is 2. The molecule has 6 atom stereocenters. The molecule has 6 N–H and O–H groups in total. The van der Waals surface area contributed by atoms with Gasteiger partial charge in [0.1, 0.15) is 40.9 Å². The zero-order valence-corrected chi connectivity index (χ0v) is 29.6. The fraction of sp³-hybridized carbons (Fsp3) is 0.350. The number of nitrogens with one attached hydrogen (secondary N) is 4. The van der Waals surface area contributed by atoms with Crippen molar-refractivity contribution in [1.82, 2.24) is 20.6 Å². The van der Waals surface area contributed by atoms with Gasteiger partial charge in [0.2, 0.25) is 23.6 Å². The van der Waals surface area contributed by atoms with Gasteiger partial charge in [-0.3, -0.25) is 9.59 Å². The number of nitrogens with zero attached hydrogens (tertiary/aromatic N) is 2. The summed E-state index contributed by atoms with van der Waals surface area (Å²) in [6.45, 7) is 7.90. The Kier molecular flexibility index (Phi) is 7.56. The summed E-state index contributed by atoms with van der Waals surface area (Å²) in [6, 6.07) is 17.4. The summed E-state index contributed by atoms with van der Waals surface area (Å²) in [7, 11) is 0. The minimum absolute atomic E-state index is 0.158. The van der Waals surface area contributed by atoms with Gasteiger partial charge in [-0.25, -0.2) is 9.97 Å². The van der Waals surface area contributed by atoms with Crippen LogP contribution < -0.4 is 26.0 Å². The maximum atomic E-state index is 14.1. The molecule has 3 aromatic carbocycles. The number of phenols is 1. The molecule has 53 heavy (non-hydrogen) atoms. The van der Waals surface area contributed by atoms with Crippen LogP contribution in [0.15, 0.2) is 75.7 Å². The summed E-state index contributed by atoms with van der Waals surface area (Å²) in [6.07, 6.45) is -0.0727. The Bertz CT molecular complexity index is 2280. The van der Waals surface area contributed by atoms with Crippen LogP contribution in [-0.2, 0) is 21.4 Å². The van der Waals surface area contributed by atoms with Crippen molar-refractivity contribution in [3.63, 3.8) is 0 Å². The number of ether oxygens (including phenoxy) is 1. The molecule has 0 radical (unpaired) electrons. The first-order valence-corrected chi connectivity index (χ1v) is 18.0. The molecule has 0 saturated carbocycles. The number of carbonyl (C=O) groups is 2. The van der Waals surface area contributed by atoms with Crippen LogP contribution in [0.1, 0.15) is 79.3 Å². The number of aliphatic hydroxyl groups is 1. The number of hydrogen-bond acceptors (Lipinski definition) is 11. The monoisotopic (exact) mass is 716 g/mol. The van der Waals surface area contributed by atoms with Crippen molar-refractivity contribution in [2.75, 3.05) is 17.2 Å². The van der Waals surface area contributed by atoms with E-state index >= 15 is 0 Å². The Balaban J connectivity index is 1.24. The number of hydrogen-bond donors (Lipinski definition) is 6. The quantitative estimate of drug-likeness (QED) is 0.131. The molecule has 13 nitrogen and oxygen atoms in total. The normalized spacial score (nSPS) is 24.2. The van der Waals surface area contributed by atoms with Crippen molar-refractivity contribution in [1.29, 1.82) is 0 Å². The molecule has 6 heterocycles. The van der Waals surface area contributed by atoms with E-state index in [1.807, 2.05) is 62.4 Å². The summed E-state index contributed by atoms with van der Waals surface area (Å²) >= 11 is 0. The zero-order chi connectivity index (χ0) is 36.8. The van der Waals surface area contributed by atoms with Gasteiger partial charge in [-0.05, 0) is 46.7 Å². The molecule has 0 fully saturated rings. The van der Waals surface area contributed by atoms with Gasteiger partial charge in [0.25, 0.3) is 0 Å². The molecule has 13 heteroatoms. The SMILES string of the molecule is CC(C)C(O)C(=O)N[C@H]1Cc2ccc3c(c2)C2(c4ccccc4NC2O3)c2oc(nc2-c2ncc(C3CNc4c(O)cccc43)o2)[C@H](C(C)C)NC1=O. The van der Waals surface area contributed by atoms with Gasteiger partial charge in [0.05, 0.1) is 17.8 Å². The number of anilines is 2. The molecule has 4 aliphatic rings. The zero-order valence-electron chi connectivity index (χ0n) is 29.6. The lowest BCUT2D eigenvalue weighted by Gasteiger charge is -2.29. The standard InChI is InChI=1S/C40H40N6O7/c1-18(2)30-38-46-32(37-42-17-29(51-37)22-16-41-31-21(22)8-7-11-27(31)47)34(53-38)40-23-9-5-6-10-25(23)44-39(40)52-28-13-12-20(14-24(28)40)15-26(35(49)45-30)43-36(50)33(48)19(3)4/h5-14,17-19,22,26,30,33,39,41,44,47-48H,15-16H2,1-4H3,(H,43,50)(H,45,49)/t22?,26-,30-,33?,39?,40?/m0/s1. The van der Waals surface area contributed by atoms with Crippen LogP contribution in [0.2, 0.25) is 0 Å². The third-order valence-corrected chi connectivity index (χ3v) is 11.0. The fourth-order valence-electron chi connectivity index (χ4n) is 8.17. The highest BCUT2D eigenvalue weighted by Crippen LogP contribution is 2.59. The average Bonchev–Trinajstić information content (AvgIpc) is 3.96. The number of aliphatic hydroxyl groups excluding tert-OH is 1. The molecule has 0 aliphatic carbocycles. The third kappa shape index (κ3) is 5.01. The summed E-state index contributed by atoms with van der Waals surface area (Å²) in [4.78, 5) is 37.2. The van der Waals surface area contributed by atoms with Crippen molar-refractivity contribution < 1.29 is 33.4 Å². The topological polar surface area (TPSA) is 184 Å². The first-order chi connectivity index (χ1) is 25.5. The lowest BCUT2D eigenvalue weighted by molar-refractivity contribution is -0.135. The number of rotatable bonds is 6. The lowest BCUT2D eigenvalue weighted by atomic mass is 9.72. The highest BCUT2D eigenvalue weighted by Gasteiger charge is 2.61. The molecular weight excluding hydrogens is 676 g/mol. The van der Waals surface area contributed by atoms with E-state index < -0.39 is 41.6 Å². The minimum Gasteiger partial charge on any atom is -0.506 e. The first kappa shape index (κ1) is 33.0. The number of benzene rings is 3. The first-order valence-electron chi connectivity index (χ1n) is 18.0. The number of aromatic nitrogens is 2. The predicted molar refractivity (Wildman–Crippen MR) is 193 cm³/mol. The third-order valence-electron chi connectivity index (χ3n) is 11.0. The van der Waals surface area contributed by atoms with Gasteiger partial charge < -0.3 is 45.1 Å². The number of aromatic hydroxyl groups is 1. The van der Waals surface area contributed by atoms with Crippen LogP contribution in [-0.4, -0.2) is 56.9 Å². The van der Waals surface area contributed by atoms with Gasteiger partial charge in [0, 0.05) is 24.2 Å². The van der Waals surface area contributed by atoms with Crippen molar-refractivity contribution in [3.8, 4) is 23.1 Å². The Morgan fingerprint density at radius 2 is 1.85 bits per heavy atom. The van der Waals surface area contributed by atoms with Crippen molar-refractivity contribution >= 4 is 23.2 Å². The van der Waals surface area contributed by atoms with E-state index in [9.17, 15) is 19.8 Å². The number of phenolic OH excluding ortho intramolecular Hbond substituents is 1. The molecule has 5 aromatic rings. The van der Waals surface area contributed by atoms with E-state index in [2.05, 4.69) is 21.3 Å². The van der Waals surface area contributed by atoms with E-state index in [-0.39, 0.29) is 41.7 Å². The highest BCUT2D eigenvalue weighted by molar-refractivity contribution is 5.90. The second kappa shape index (κ2) is 12.1. The molecule has 9 rings (SSSR count). The smallest absolute Gasteiger partial charge is 0.249 e. The Morgan fingerprint density at radius 1 is 1.02 bits per heavy atom. The minimum atomic E-state index is -1.29. The Morgan fingerprint density at radius 3 is 2.66 bits per heavy atom. The van der Waals surface area contributed by atoms with Crippen molar-refractivity contribution in [2.24, 2.45) is 11.8 Å². The van der Waals surface area contributed by atoms with Crippen molar-refractivity contribution in [3.05, 3.63) is 107 Å². The van der Waals surface area contributed by atoms with Crippen LogP contribution in [0.4, 0.5) is 11.4 Å². The number of amides is 2. The summed E-state index contributed by atoms with van der Waals surface area (Å²) in [5, 5.41) is 33.8. The van der Waals surface area contributed by atoms with Crippen LogP contribution in [0.5, 0.6) is 11.5 Å². The molecule has 4 bridgehead atoms. The highest BCUT2D eigenvalue weighted by atomic mass is 16.5. The second-order valence-corrected chi connectivity index (χ2v) is 15.0. The van der Waals surface area contributed by atoms with Gasteiger partial charge in [-0.2, -0.15) is 0 Å². The number of oxazole rings is 2. The Hall–Kier alpha value is -5.82. The van der Waals surface area contributed by atoms with E-state index in [4.69, 9.17) is 23.5 Å². The molecular formula is C40H40N6O7. The summed E-state index contributed by atoms with van der Waals surface area (Å²) < 4.78 is 20.2. The van der Waals surface area contributed by atoms with Crippen LogP contribution in [0.25, 0.3) is 11.6 Å². The van der Waals surface area contributed by atoms with E-state index in [0.29, 0.717) is 35.2 Å². The molecule has 4 aliphatic heterocycles. The van der Waals surface area contributed by atoms with Crippen LogP contribution in [0.3, 0.4) is 0 Å². The van der Waals surface area contributed by atoms with Gasteiger partial charge >= 0.3 is 0 Å². The second-order valence-electron chi connectivity index (χ2n) is 15.0. The average molecular weight is 717 g/mol. The summed E-state index contributed by atoms with van der Waals surface area (Å²) in [5.41, 5.74) is 4.22. The van der Waals surface area contributed by atoms with Crippen molar-refractivity contribution in [2.45, 2.75) is 69.9 Å². The van der Waals surface area contributed by atoms with Gasteiger partial charge in [-0.1, -0.05) is 70.2 Å². The maximum Gasteiger partial charge on any atom is 0.249 e. The Labute approximate surface area is 305 Å². The number of carbonyl (C=O) groups excluding carboxylic acids is 2. The van der Waals surface area contributed by atoms with E-state index in [1.54, 1.807) is 32.2 Å². The molecule has 0 saturated heterocycles.